The van der Waals surface area contributed by atoms with Gasteiger partial charge in [0.25, 0.3) is 0 Å². The van der Waals surface area contributed by atoms with E-state index in [4.69, 9.17) is 0 Å². The van der Waals surface area contributed by atoms with Crippen LogP contribution in [0, 0.1) is 17.8 Å². The molecule has 2 saturated heterocycles. The van der Waals surface area contributed by atoms with Crippen LogP contribution >= 0.6 is 0 Å². The highest BCUT2D eigenvalue weighted by Crippen LogP contribution is 2.44. The highest BCUT2D eigenvalue weighted by molar-refractivity contribution is 7.93. The number of nitrogens with zero attached hydrogens (tertiary/aromatic N) is 1. The van der Waals surface area contributed by atoms with E-state index in [1.165, 1.54) is 4.90 Å². The quantitative estimate of drug-likeness (QED) is 0.800. The first-order valence-electron chi connectivity index (χ1n) is 7.13. The summed E-state index contributed by atoms with van der Waals surface area (Å²) in [5.74, 6) is -1.31. The number of carbonyl (C=O) groups is 2. The molecule has 3 rings (SSSR count). The number of amides is 1. The van der Waals surface area contributed by atoms with Crippen LogP contribution in [0.4, 0.5) is 0 Å². The predicted molar refractivity (Wildman–Crippen MR) is 70.7 cm³/mol. The van der Waals surface area contributed by atoms with E-state index in [0.29, 0.717) is 25.3 Å². The molecular weight excluding hydrogens is 282 g/mol. The summed E-state index contributed by atoms with van der Waals surface area (Å²) in [7, 11) is -3.32. The molecule has 0 bridgehead atoms. The van der Waals surface area contributed by atoms with E-state index >= 15 is 0 Å². The number of hydrogen-bond acceptors (Lipinski definition) is 4. The Morgan fingerprint density at radius 2 is 1.80 bits per heavy atom. The summed E-state index contributed by atoms with van der Waals surface area (Å²) in [4.78, 5) is 25.2. The Hall–Kier alpha value is -1.11. The number of aliphatic carboxylic acids is 1. The fraction of sp³-hybridized carbons (Fsp3) is 0.846. The van der Waals surface area contributed by atoms with Gasteiger partial charge in [-0.1, -0.05) is 0 Å². The highest BCUT2D eigenvalue weighted by atomic mass is 32.2. The summed E-state index contributed by atoms with van der Waals surface area (Å²) in [5.41, 5.74) is 0. The topological polar surface area (TPSA) is 91.8 Å². The molecule has 0 aromatic carbocycles. The molecule has 2 heterocycles. The predicted octanol–water partition coefficient (Wildman–Crippen LogP) is 0.133. The van der Waals surface area contributed by atoms with Crippen molar-refractivity contribution < 1.29 is 23.1 Å². The van der Waals surface area contributed by atoms with Crippen LogP contribution < -0.4 is 0 Å². The van der Waals surface area contributed by atoms with Crippen LogP contribution in [-0.4, -0.2) is 54.4 Å². The molecule has 1 saturated carbocycles. The van der Waals surface area contributed by atoms with Crippen molar-refractivity contribution in [3.8, 4) is 0 Å². The van der Waals surface area contributed by atoms with Gasteiger partial charge in [0.05, 0.1) is 11.7 Å². The number of carboxylic acid groups (broad SMARTS) is 1. The summed E-state index contributed by atoms with van der Waals surface area (Å²) in [6.07, 6.45) is 2.96. The Morgan fingerprint density at radius 3 is 2.30 bits per heavy atom. The highest BCUT2D eigenvalue weighted by Gasteiger charge is 2.49. The number of carboxylic acids is 1. The SMILES string of the molecule is O=C(O)[C@@H]1CN(C(=O)C2CCCS2(=O)=O)C[C@H]1C1CC1. The number of likely N-dealkylation sites (tertiary alicyclic amines) is 1. The molecule has 3 aliphatic rings. The standard InChI is InChI=1S/C13H19NO5S/c15-12(11-2-1-5-20(11,18)19)14-6-9(8-3-4-8)10(7-14)13(16)17/h8-11H,1-7H2,(H,16,17)/t9-,10+,11?/m0/s1. The van der Waals surface area contributed by atoms with Crippen molar-refractivity contribution in [2.24, 2.45) is 17.8 Å². The summed E-state index contributed by atoms with van der Waals surface area (Å²) >= 11 is 0. The molecule has 112 valence electrons. The first-order valence-corrected chi connectivity index (χ1v) is 8.85. The molecule has 1 unspecified atom stereocenters. The van der Waals surface area contributed by atoms with Gasteiger partial charge in [-0.05, 0) is 37.5 Å². The zero-order valence-electron chi connectivity index (χ0n) is 11.2. The van der Waals surface area contributed by atoms with E-state index in [0.717, 1.165) is 12.8 Å². The molecule has 1 N–H and O–H groups in total. The zero-order chi connectivity index (χ0) is 14.5. The lowest BCUT2D eigenvalue weighted by atomic mass is 9.92. The second-order valence-electron chi connectivity index (χ2n) is 6.19. The molecule has 0 aromatic heterocycles. The second kappa shape index (κ2) is 4.72. The van der Waals surface area contributed by atoms with Gasteiger partial charge < -0.3 is 10.0 Å². The third-order valence-electron chi connectivity index (χ3n) is 4.83. The van der Waals surface area contributed by atoms with Crippen LogP contribution in [0.5, 0.6) is 0 Å². The van der Waals surface area contributed by atoms with Gasteiger partial charge in [0.2, 0.25) is 5.91 Å². The average molecular weight is 301 g/mol. The van der Waals surface area contributed by atoms with Crippen molar-refractivity contribution in [2.75, 3.05) is 18.8 Å². The van der Waals surface area contributed by atoms with Gasteiger partial charge in [-0.3, -0.25) is 9.59 Å². The molecule has 0 spiro atoms. The van der Waals surface area contributed by atoms with Gasteiger partial charge in [-0.15, -0.1) is 0 Å². The average Bonchev–Trinajstić information content (AvgIpc) is 3.01. The third-order valence-corrected chi connectivity index (χ3v) is 6.99. The van der Waals surface area contributed by atoms with Crippen molar-refractivity contribution >= 4 is 21.7 Å². The number of rotatable bonds is 3. The van der Waals surface area contributed by atoms with Crippen LogP contribution in [0.15, 0.2) is 0 Å². The molecule has 3 fully saturated rings. The number of hydrogen-bond donors (Lipinski definition) is 1. The Kier molecular flexibility index (Phi) is 3.27. The molecule has 1 aliphatic carbocycles. The third kappa shape index (κ3) is 2.32. The van der Waals surface area contributed by atoms with Gasteiger partial charge in [0.15, 0.2) is 9.84 Å². The molecule has 6 nitrogen and oxygen atoms in total. The van der Waals surface area contributed by atoms with E-state index in [2.05, 4.69) is 0 Å². The Bertz CT molecular complexity index is 539. The molecule has 3 atom stereocenters. The van der Waals surface area contributed by atoms with Crippen LogP contribution in [0.3, 0.4) is 0 Å². The summed E-state index contributed by atoms with van der Waals surface area (Å²) < 4.78 is 23.7. The lowest BCUT2D eigenvalue weighted by Crippen LogP contribution is -2.40. The number of sulfone groups is 1. The van der Waals surface area contributed by atoms with Gasteiger partial charge in [-0.25, -0.2) is 8.42 Å². The molecule has 0 aromatic rings. The molecule has 2 aliphatic heterocycles. The number of carbonyl (C=O) groups excluding carboxylic acids is 1. The van der Waals surface area contributed by atoms with Gasteiger partial charge in [0.1, 0.15) is 5.25 Å². The van der Waals surface area contributed by atoms with Gasteiger partial charge >= 0.3 is 5.97 Å². The van der Waals surface area contributed by atoms with E-state index in [9.17, 15) is 23.1 Å². The maximum Gasteiger partial charge on any atom is 0.308 e. The fourth-order valence-corrected chi connectivity index (χ4v) is 5.38. The summed E-state index contributed by atoms with van der Waals surface area (Å²) in [5, 5.41) is 8.34. The van der Waals surface area contributed by atoms with Crippen molar-refractivity contribution in [2.45, 2.75) is 30.9 Å². The fourth-order valence-electron chi connectivity index (χ4n) is 3.54. The first kappa shape index (κ1) is 13.9. The van der Waals surface area contributed by atoms with Crippen LogP contribution in [0.2, 0.25) is 0 Å². The van der Waals surface area contributed by atoms with E-state index in [1.54, 1.807) is 0 Å². The molecule has 0 radical (unpaired) electrons. The molecule has 7 heteroatoms. The minimum absolute atomic E-state index is 0.000516. The maximum atomic E-state index is 12.4. The molecular formula is C13H19NO5S. The second-order valence-corrected chi connectivity index (χ2v) is 8.49. The minimum atomic E-state index is -3.32. The van der Waals surface area contributed by atoms with E-state index < -0.39 is 27.0 Å². The van der Waals surface area contributed by atoms with Crippen LogP contribution in [0.25, 0.3) is 0 Å². The summed E-state index contributed by atoms with van der Waals surface area (Å²) in [6.45, 7) is 0.577. The van der Waals surface area contributed by atoms with Crippen molar-refractivity contribution in [3.05, 3.63) is 0 Å². The maximum absolute atomic E-state index is 12.4. The molecule has 20 heavy (non-hydrogen) atoms. The van der Waals surface area contributed by atoms with Gasteiger partial charge in [0, 0.05) is 13.1 Å². The molecule has 1 amide bonds. The van der Waals surface area contributed by atoms with Crippen LogP contribution in [0.1, 0.15) is 25.7 Å². The Morgan fingerprint density at radius 1 is 1.10 bits per heavy atom. The van der Waals surface area contributed by atoms with Crippen molar-refractivity contribution in [1.29, 1.82) is 0 Å². The minimum Gasteiger partial charge on any atom is -0.481 e. The lowest BCUT2D eigenvalue weighted by Gasteiger charge is -2.20. The summed E-state index contributed by atoms with van der Waals surface area (Å²) in [6, 6.07) is 0. The Balaban J connectivity index is 1.75. The smallest absolute Gasteiger partial charge is 0.308 e. The van der Waals surface area contributed by atoms with E-state index in [-0.39, 0.29) is 24.1 Å². The zero-order valence-corrected chi connectivity index (χ0v) is 12.0. The van der Waals surface area contributed by atoms with Crippen LogP contribution in [-0.2, 0) is 19.4 Å². The monoisotopic (exact) mass is 301 g/mol. The van der Waals surface area contributed by atoms with E-state index in [1.807, 2.05) is 0 Å². The lowest BCUT2D eigenvalue weighted by molar-refractivity contribution is -0.142. The van der Waals surface area contributed by atoms with Crippen molar-refractivity contribution in [3.63, 3.8) is 0 Å². The normalized spacial score (nSPS) is 36.2. The largest absolute Gasteiger partial charge is 0.481 e. The van der Waals surface area contributed by atoms with Gasteiger partial charge in [-0.2, -0.15) is 0 Å². The van der Waals surface area contributed by atoms with Crippen molar-refractivity contribution in [1.82, 2.24) is 4.90 Å². The Labute approximate surface area is 118 Å². The first-order chi connectivity index (χ1) is 9.40.